The lowest BCUT2D eigenvalue weighted by atomic mass is 9.98. The molecule has 0 saturated heterocycles. The molecule has 0 spiro atoms. The SMILES string of the molecule is CC(C)(C)C(=O)ONC(=O)c1ccccc1. The van der Waals surface area contributed by atoms with Crippen LogP contribution in [0.5, 0.6) is 0 Å². The largest absolute Gasteiger partial charge is 0.340 e. The molecule has 0 aromatic heterocycles. The van der Waals surface area contributed by atoms with E-state index < -0.39 is 17.3 Å². The van der Waals surface area contributed by atoms with E-state index in [2.05, 4.69) is 10.3 Å². The minimum Gasteiger partial charge on any atom is -0.340 e. The Balaban J connectivity index is 2.52. The molecular formula is C12H15NO3. The van der Waals surface area contributed by atoms with Crippen molar-refractivity contribution in [1.29, 1.82) is 0 Å². The summed E-state index contributed by atoms with van der Waals surface area (Å²) in [6, 6.07) is 8.56. The predicted octanol–water partition coefficient (Wildman–Crippen LogP) is 1.92. The summed E-state index contributed by atoms with van der Waals surface area (Å²) in [6.45, 7) is 5.14. The number of hydrogen-bond donors (Lipinski definition) is 1. The average molecular weight is 221 g/mol. The van der Waals surface area contributed by atoms with E-state index in [1.165, 1.54) is 0 Å². The maximum atomic E-state index is 11.5. The monoisotopic (exact) mass is 221 g/mol. The van der Waals surface area contributed by atoms with Crippen molar-refractivity contribution in [2.24, 2.45) is 5.41 Å². The Morgan fingerprint density at radius 3 is 2.19 bits per heavy atom. The summed E-state index contributed by atoms with van der Waals surface area (Å²) < 4.78 is 0. The first-order chi connectivity index (χ1) is 7.41. The van der Waals surface area contributed by atoms with E-state index in [0.717, 1.165) is 0 Å². The summed E-state index contributed by atoms with van der Waals surface area (Å²) in [7, 11) is 0. The van der Waals surface area contributed by atoms with Crippen LogP contribution in [-0.2, 0) is 9.63 Å². The molecule has 0 saturated carbocycles. The fraction of sp³-hybridized carbons (Fsp3) is 0.333. The number of nitrogens with one attached hydrogen (secondary N) is 1. The van der Waals surface area contributed by atoms with Gasteiger partial charge in [0.05, 0.1) is 5.41 Å². The van der Waals surface area contributed by atoms with Crippen molar-refractivity contribution in [3.63, 3.8) is 0 Å². The van der Waals surface area contributed by atoms with Crippen LogP contribution in [0.1, 0.15) is 31.1 Å². The highest BCUT2D eigenvalue weighted by Crippen LogP contribution is 2.14. The second-order valence-electron chi connectivity index (χ2n) is 4.44. The Labute approximate surface area is 94.6 Å². The van der Waals surface area contributed by atoms with Gasteiger partial charge in [0.2, 0.25) is 0 Å². The lowest BCUT2D eigenvalue weighted by Crippen LogP contribution is -2.33. The maximum absolute atomic E-state index is 11.5. The zero-order valence-corrected chi connectivity index (χ0v) is 9.61. The molecule has 1 N–H and O–H groups in total. The van der Waals surface area contributed by atoms with Crippen LogP contribution < -0.4 is 5.48 Å². The van der Waals surface area contributed by atoms with E-state index in [4.69, 9.17) is 0 Å². The molecule has 1 aromatic rings. The van der Waals surface area contributed by atoms with Crippen LogP contribution in [0.15, 0.2) is 30.3 Å². The van der Waals surface area contributed by atoms with E-state index in [-0.39, 0.29) is 0 Å². The number of carbonyl (C=O) groups excluding carboxylic acids is 2. The van der Waals surface area contributed by atoms with E-state index in [0.29, 0.717) is 5.56 Å². The Kier molecular flexibility index (Phi) is 3.66. The van der Waals surface area contributed by atoms with Gasteiger partial charge in [-0.05, 0) is 32.9 Å². The van der Waals surface area contributed by atoms with Gasteiger partial charge in [-0.2, -0.15) is 5.48 Å². The highest BCUT2D eigenvalue weighted by Gasteiger charge is 2.24. The average Bonchev–Trinajstić information content (AvgIpc) is 2.25. The Morgan fingerprint density at radius 1 is 1.12 bits per heavy atom. The van der Waals surface area contributed by atoms with Gasteiger partial charge in [0.15, 0.2) is 0 Å². The summed E-state index contributed by atoms with van der Waals surface area (Å²) in [5.41, 5.74) is 1.93. The molecule has 0 fully saturated rings. The van der Waals surface area contributed by atoms with Crippen LogP contribution >= 0.6 is 0 Å². The minimum atomic E-state index is -0.635. The third-order valence-electron chi connectivity index (χ3n) is 1.88. The lowest BCUT2D eigenvalue weighted by molar-refractivity contribution is -0.158. The standard InChI is InChI=1S/C12H15NO3/c1-12(2,3)11(15)16-13-10(14)9-7-5-4-6-8-9/h4-8H,1-3H3,(H,13,14). The highest BCUT2D eigenvalue weighted by molar-refractivity contribution is 5.94. The highest BCUT2D eigenvalue weighted by atomic mass is 16.7. The van der Waals surface area contributed by atoms with Gasteiger partial charge in [0, 0.05) is 5.56 Å². The minimum absolute atomic E-state index is 0.432. The molecule has 4 nitrogen and oxygen atoms in total. The van der Waals surface area contributed by atoms with Crippen LogP contribution in [0.4, 0.5) is 0 Å². The van der Waals surface area contributed by atoms with E-state index >= 15 is 0 Å². The van der Waals surface area contributed by atoms with Crippen LogP contribution in [0.2, 0.25) is 0 Å². The molecule has 0 unspecified atom stereocenters. The molecule has 0 radical (unpaired) electrons. The molecule has 4 heteroatoms. The second kappa shape index (κ2) is 4.79. The van der Waals surface area contributed by atoms with Gasteiger partial charge < -0.3 is 4.84 Å². The molecule has 0 bridgehead atoms. The fourth-order valence-electron chi connectivity index (χ4n) is 0.894. The lowest BCUT2D eigenvalue weighted by Gasteiger charge is -2.15. The first-order valence-corrected chi connectivity index (χ1v) is 4.98. The number of rotatable bonds is 1. The topological polar surface area (TPSA) is 55.4 Å². The summed E-state index contributed by atoms with van der Waals surface area (Å²) in [4.78, 5) is 27.5. The molecular weight excluding hydrogens is 206 g/mol. The number of hydroxylamine groups is 1. The van der Waals surface area contributed by atoms with Gasteiger partial charge in [0.25, 0.3) is 5.91 Å². The number of carbonyl (C=O) groups is 2. The van der Waals surface area contributed by atoms with Crippen molar-refractivity contribution in [3.8, 4) is 0 Å². The zero-order valence-electron chi connectivity index (χ0n) is 9.61. The summed E-state index contributed by atoms with van der Waals surface area (Å²) in [5.74, 6) is -0.907. The van der Waals surface area contributed by atoms with Crippen LogP contribution in [0.3, 0.4) is 0 Å². The third kappa shape index (κ3) is 3.38. The van der Waals surface area contributed by atoms with E-state index in [1.807, 2.05) is 0 Å². The van der Waals surface area contributed by atoms with Crippen molar-refractivity contribution in [3.05, 3.63) is 35.9 Å². The number of hydrogen-bond acceptors (Lipinski definition) is 3. The molecule has 0 aliphatic heterocycles. The van der Waals surface area contributed by atoms with E-state index in [1.54, 1.807) is 51.1 Å². The molecule has 1 aromatic carbocycles. The van der Waals surface area contributed by atoms with Crippen LogP contribution in [-0.4, -0.2) is 11.9 Å². The Hall–Kier alpha value is -1.84. The molecule has 0 heterocycles. The van der Waals surface area contributed by atoms with Gasteiger partial charge in [0.1, 0.15) is 0 Å². The first kappa shape index (κ1) is 12.2. The quantitative estimate of drug-likeness (QED) is 0.737. The van der Waals surface area contributed by atoms with Crippen molar-refractivity contribution < 1.29 is 14.4 Å². The van der Waals surface area contributed by atoms with Gasteiger partial charge in [-0.15, -0.1) is 0 Å². The summed E-state index contributed by atoms with van der Waals surface area (Å²) in [5, 5.41) is 0. The Morgan fingerprint density at radius 2 is 1.69 bits per heavy atom. The van der Waals surface area contributed by atoms with Crippen LogP contribution in [0.25, 0.3) is 0 Å². The van der Waals surface area contributed by atoms with Gasteiger partial charge in [-0.25, -0.2) is 4.79 Å². The van der Waals surface area contributed by atoms with Crippen LogP contribution in [0, 0.1) is 5.41 Å². The van der Waals surface area contributed by atoms with Gasteiger partial charge >= 0.3 is 5.97 Å². The summed E-state index contributed by atoms with van der Waals surface area (Å²) >= 11 is 0. The van der Waals surface area contributed by atoms with Crippen molar-refractivity contribution >= 4 is 11.9 Å². The molecule has 0 aliphatic rings. The Bertz CT molecular complexity index is 379. The van der Waals surface area contributed by atoms with Crippen molar-refractivity contribution in [2.75, 3.05) is 0 Å². The van der Waals surface area contributed by atoms with Gasteiger partial charge in [-0.3, -0.25) is 4.79 Å². The molecule has 0 atom stereocenters. The third-order valence-corrected chi connectivity index (χ3v) is 1.88. The fourth-order valence-corrected chi connectivity index (χ4v) is 0.894. The van der Waals surface area contributed by atoms with Crippen molar-refractivity contribution in [2.45, 2.75) is 20.8 Å². The van der Waals surface area contributed by atoms with Crippen molar-refractivity contribution in [1.82, 2.24) is 5.48 Å². The summed E-state index contributed by atoms with van der Waals surface area (Å²) in [6.07, 6.45) is 0. The smallest absolute Gasteiger partial charge is 0.337 e. The van der Waals surface area contributed by atoms with E-state index in [9.17, 15) is 9.59 Å². The normalized spacial score (nSPS) is 10.7. The number of amides is 1. The first-order valence-electron chi connectivity index (χ1n) is 4.98. The van der Waals surface area contributed by atoms with Gasteiger partial charge in [-0.1, -0.05) is 18.2 Å². The predicted molar refractivity (Wildman–Crippen MR) is 59.5 cm³/mol. The molecule has 1 rings (SSSR count). The zero-order chi connectivity index (χ0) is 12.2. The number of benzene rings is 1. The maximum Gasteiger partial charge on any atom is 0.337 e. The molecule has 1 amide bonds. The molecule has 16 heavy (non-hydrogen) atoms. The molecule has 0 aliphatic carbocycles. The molecule has 86 valence electrons. The second-order valence-corrected chi connectivity index (χ2v) is 4.44.